The lowest BCUT2D eigenvalue weighted by molar-refractivity contribution is -0.118. The van der Waals surface area contributed by atoms with Crippen LogP contribution in [0.3, 0.4) is 0 Å². The molecule has 4 nitrogen and oxygen atoms in total. The predicted octanol–water partition coefficient (Wildman–Crippen LogP) is 2.38. The van der Waals surface area contributed by atoms with Gasteiger partial charge in [0.25, 0.3) is 0 Å². The summed E-state index contributed by atoms with van der Waals surface area (Å²) in [5.41, 5.74) is 6.43. The standard InChI is InChI=1S/C12H17BrN2O2/c1-7(2)11(14)12(16)15-9-4-8(13)5-10(6-9)17-3/h4-7,11H,14H2,1-3H3,(H,15,16)/t11-/m1/s1. The fraction of sp³-hybridized carbons (Fsp3) is 0.417. The Morgan fingerprint density at radius 3 is 2.59 bits per heavy atom. The van der Waals surface area contributed by atoms with E-state index in [4.69, 9.17) is 10.5 Å². The molecule has 0 aliphatic carbocycles. The van der Waals surface area contributed by atoms with Crippen LogP contribution in [-0.2, 0) is 4.79 Å². The van der Waals surface area contributed by atoms with Crippen LogP contribution in [0.15, 0.2) is 22.7 Å². The highest BCUT2D eigenvalue weighted by Gasteiger charge is 2.17. The summed E-state index contributed by atoms with van der Waals surface area (Å²) in [4.78, 5) is 11.8. The van der Waals surface area contributed by atoms with Crippen molar-refractivity contribution in [2.45, 2.75) is 19.9 Å². The molecule has 0 saturated heterocycles. The number of ether oxygens (including phenoxy) is 1. The number of benzene rings is 1. The van der Waals surface area contributed by atoms with Crippen LogP contribution in [0.2, 0.25) is 0 Å². The number of rotatable bonds is 4. The predicted molar refractivity (Wildman–Crippen MR) is 72.1 cm³/mol. The van der Waals surface area contributed by atoms with Gasteiger partial charge in [-0.3, -0.25) is 4.79 Å². The highest BCUT2D eigenvalue weighted by atomic mass is 79.9. The second kappa shape index (κ2) is 6.02. The minimum Gasteiger partial charge on any atom is -0.497 e. The fourth-order valence-electron chi connectivity index (χ4n) is 1.28. The van der Waals surface area contributed by atoms with E-state index in [1.165, 1.54) is 0 Å². The number of nitrogens with one attached hydrogen (secondary N) is 1. The van der Waals surface area contributed by atoms with Crippen molar-refractivity contribution in [2.75, 3.05) is 12.4 Å². The fourth-order valence-corrected chi connectivity index (χ4v) is 1.75. The molecule has 0 heterocycles. The summed E-state index contributed by atoms with van der Waals surface area (Å²) in [5, 5.41) is 2.76. The van der Waals surface area contributed by atoms with E-state index >= 15 is 0 Å². The summed E-state index contributed by atoms with van der Waals surface area (Å²) in [5.74, 6) is 0.581. The maximum Gasteiger partial charge on any atom is 0.241 e. The topological polar surface area (TPSA) is 64.3 Å². The average molecular weight is 301 g/mol. The SMILES string of the molecule is COc1cc(Br)cc(NC(=O)[C@H](N)C(C)C)c1. The van der Waals surface area contributed by atoms with Crippen LogP contribution in [0.1, 0.15) is 13.8 Å². The van der Waals surface area contributed by atoms with Gasteiger partial charge in [0, 0.05) is 16.2 Å². The van der Waals surface area contributed by atoms with Crippen LogP contribution >= 0.6 is 15.9 Å². The number of anilines is 1. The lowest BCUT2D eigenvalue weighted by Crippen LogP contribution is -2.39. The molecule has 1 atom stereocenters. The Balaban J connectivity index is 2.81. The van der Waals surface area contributed by atoms with E-state index in [1.807, 2.05) is 19.9 Å². The van der Waals surface area contributed by atoms with Crippen molar-refractivity contribution in [3.63, 3.8) is 0 Å². The first kappa shape index (κ1) is 14.0. The van der Waals surface area contributed by atoms with Crippen LogP contribution < -0.4 is 15.8 Å². The molecular weight excluding hydrogens is 284 g/mol. The Bertz CT molecular complexity index is 407. The molecule has 0 aromatic heterocycles. The zero-order chi connectivity index (χ0) is 13.0. The first-order chi connectivity index (χ1) is 7.93. The molecule has 0 bridgehead atoms. The van der Waals surface area contributed by atoms with Gasteiger partial charge in [-0.15, -0.1) is 0 Å². The van der Waals surface area contributed by atoms with Gasteiger partial charge in [-0.1, -0.05) is 29.8 Å². The Morgan fingerprint density at radius 2 is 2.06 bits per heavy atom. The van der Waals surface area contributed by atoms with Gasteiger partial charge in [0.1, 0.15) is 5.75 Å². The zero-order valence-corrected chi connectivity index (χ0v) is 11.7. The molecule has 0 fully saturated rings. The molecule has 1 aromatic rings. The zero-order valence-electron chi connectivity index (χ0n) is 10.2. The number of hydrogen-bond acceptors (Lipinski definition) is 3. The molecule has 94 valence electrons. The average Bonchev–Trinajstić information content (AvgIpc) is 2.26. The molecule has 0 radical (unpaired) electrons. The molecule has 1 rings (SSSR count). The maximum atomic E-state index is 11.8. The van der Waals surface area contributed by atoms with E-state index in [9.17, 15) is 4.79 Å². The van der Waals surface area contributed by atoms with Crippen molar-refractivity contribution in [2.24, 2.45) is 11.7 Å². The molecule has 0 aliphatic heterocycles. The van der Waals surface area contributed by atoms with Crippen molar-refractivity contribution in [1.82, 2.24) is 0 Å². The number of carbonyl (C=O) groups is 1. The highest BCUT2D eigenvalue weighted by Crippen LogP contribution is 2.24. The normalized spacial score (nSPS) is 12.4. The van der Waals surface area contributed by atoms with Crippen molar-refractivity contribution >= 4 is 27.5 Å². The van der Waals surface area contributed by atoms with Crippen molar-refractivity contribution in [1.29, 1.82) is 0 Å². The van der Waals surface area contributed by atoms with E-state index in [0.717, 1.165) is 4.47 Å². The lowest BCUT2D eigenvalue weighted by atomic mass is 10.0. The van der Waals surface area contributed by atoms with E-state index in [1.54, 1.807) is 19.2 Å². The van der Waals surface area contributed by atoms with Gasteiger partial charge in [0.2, 0.25) is 5.91 Å². The Morgan fingerprint density at radius 1 is 1.41 bits per heavy atom. The number of carbonyl (C=O) groups excluding carboxylic acids is 1. The second-order valence-corrected chi connectivity index (χ2v) is 5.05. The summed E-state index contributed by atoms with van der Waals surface area (Å²) in [6, 6.07) is 4.85. The van der Waals surface area contributed by atoms with E-state index < -0.39 is 6.04 Å². The van der Waals surface area contributed by atoms with Gasteiger partial charge in [-0.25, -0.2) is 0 Å². The Labute approximate surface area is 110 Å². The maximum absolute atomic E-state index is 11.8. The number of hydrogen-bond donors (Lipinski definition) is 2. The number of halogens is 1. The summed E-state index contributed by atoms with van der Waals surface area (Å²) >= 11 is 3.35. The van der Waals surface area contributed by atoms with Crippen molar-refractivity contribution in [3.8, 4) is 5.75 Å². The first-order valence-corrected chi connectivity index (χ1v) is 6.14. The third-order valence-electron chi connectivity index (χ3n) is 2.40. The quantitative estimate of drug-likeness (QED) is 0.897. The minimum absolute atomic E-state index is 0.101. The van der Waals surface area contributed by atoms with E-state index in [2.05, 4.69) is 21.2 Å². The smallest absolute Gasteiger partial charge is 0.241 e. The third kappa shape index (κ3) is 4.02. The molecule has 0 aliphatic rings. The third-order valence-corrected chi connectivity index (χ3v) is 2.85. The molecule has 0 saturated carbocycles. The Kier molecular flexibility index (Phi) is 4.96. The van der Waals surface area contributed by atoms with Gasteiger partial charge in [0.15, 0.2) is 0 Å². The van der Waals surface area contributed by atoms with Crippen molar-refractivity contribution < 1.29 is 9.53 Å². The first-order valence-electron chi connectivity index (χ1n) is 5.35. The van der Waals surface area contributed by atoms with Gasteiger partial charge < -0.3 is 15.8 Å². The minimum atomic E-state index is -0.514. The van der Waals surface area contributed by atoms with Gasteiger partial charge in [-0.2, -0.15) is 0 Å². The number of nitrogens with two attached hydrogens (primary N) is 1. The monoisotopic (exact) mass is 300 g/mol. The van der Waals surface area contributed by atoms with Crippen molar-refractivity contribution in [3.05, 3.63) is 22.7 Å². The summed E-state index contributed by atoms with van der Waals surface area (Å²) in [6.07, 6.45) is 0. The molecular formula is C12H17BrN2O2. The molecule has 1 amide bonds. The lowest BCUT2D eigenvalue weighted by Gasteiger charge is -2.15. The molecule has 5 heteroatoms. The molecule has 0 unspecified atom stereocenters. The molecule has 17 heavy (non-hydrogen) atoms. The Hall–Kier alpha value is -1.07. The van der Waals surface area contributed by atoms with Crippen LogP contribution in [0.5, 0.6) is 5.75 Å². The van der Waals surface area contributed by atoms with E-state index in [-0.39, 0.29) is 11.8 Å². The van der Waals surface area contributed by atoms with Gasteiger partial charge in [-0.05, 0) is 18.1 Å². The van der Waals surface area contributed by atoms with Gasteiger partial charge in [0.05, 0.1) is 13.2 Å². The van der Waals surface area contributed by atoms with Crippen LogP contribution in [-0.4, -0.2) is 19.1 Å². The molecule has 1 aromatic carbocycles. The second-order valence-electron chi connectivity index (χ2n) is 4.14. The molecule has 3 N–H and O–H groups in total. The van der Waals surface area contributed by atoms with E-state index in [0.29, 0.717) is 11.4 Å². The molecule has 0 spiro atoms. The highest BCUT2D eigenvalue weighted by molar-refractivity contribution is 9.10. The van der Waals surface area contributed by atoms with Gasteiger partial charge >= 0.3 is 0 Å². The summed E-state index contributed by atoms with van der Waals surface area (Å²) in [7, 11) is 1.58. The summed E-state index contributed by atoms with van der Waals surface area (Å²) in [6.45, 7) is 3.82. The summed E-state index contributed by atoms with van der Waals surface area (Å²) < 4.78 is 5.95. The number of methoxy groups -OCH3 is 1. The van der Waals surface area contributed by atoms with Crippen LogP contribution in [0.4, 0.5) is 5.69 Å². The van der Waals surface area contributed by atoms with Crippen LogP contribution in [0, 0.1) is 5.92 Å². The number of amides is 1. The largest absolute Gasteiger partial charge is 0.497 e. The van der Waals surface area contributed by atoms with Crippen LogP contribution in [0.25, 0.3) is 0 Å².